The summed E-state index contributed by atoms with van der Waals surface area (Å²) in [7, 11) is 0. The number of carbonyl (C=O) groups is 1. The minimum Gasteiger partial charge on any atom is -0.396 e. The van der Waals surface area contributed by atoms with Crippen molar-refractivity contribution in [3.05, 3.63) is 11.1 Å². The zero-order valence-electron chi connectivity index (χ0n) is 10.2. The average molecular weight is 225 g/mol. The summed E-state index contributed by atoms with van der Waals surface area (Å²) in [6.07, 6.45) is 7.13. The van der Waals surface area contributed by atoms with Gasteiger partial charge in [-0.25, -0.2) is 0 Å². The van der Waals surface area contributed by atoms with Crippen molar-refractivity contribution >= 4 is 5.91 Å². The predicted octanol–water partition coefficient (Wildman–Crippen LogP) is 2.14. The van der Waals surface area contributed by atoms with Gasteiger partial charge in [0.05, 0.1) is 0 Å². The highest BCUT2D eigenvalue weighted by Gasteiger charge is 2.24. The number of primary amides is 1. The van der Waals surface area contributed by atoms with Crippen LogP contribution in [0.1, 0.15) is 51.9 Å². The van der Waals surface area contributed by atoms with E-state index in [1.807, 2.05) is 0 Å². The maximum absolute atomic E-state index is 11.3. The molecular weight excluding hydrogens is 202 g/mol. The van der Waals surface area contributed by atoms with Gasteiger partial charge in [-0.2, -0.15) is 0 Å². The lowest BCUT2D eigenvalue weighted by Gasteiger charge is -2.26. The molecular formula is C13H23NO2. The molecule has 16 heavy (non-hydrogen) atoms. The molecule has 0 aliphatic heterocycles. The molecule has 92 valence electrons. The Labute approximate surface area is 97.7 Å². The van der Waals surface area contributed by atoms with Crippen molar-refractivity contribution < 1.29 is 9.90 Å². The van der Waals surface area contributed by atoms with Crippen LogP contribution in [0.5, 0.6) is 0 Å². The van der Waals surface area contributed by atoms with E-state index in [2.05, 4.69) is 6.92 Å². The van der Waals surface area contributed by atoms with Gasteiger partial charge in [0.2, 0.25) is 5.91 Å². The van der Waals surface area contributed by atoms with Gasteiger partial charge < -0.3 is 10.8 Å². The molecule has 0 aromatic rings. The summed E-state index contributed by atoms with van der Waals surface area (Å²) >= 11 is 0. The van der Waals surface area contributed by atoms with Crippen LogP contribution in [-0.4, -0.2) is 17.6 Å². The van der Waals surface area contributed by atoms with Crippen LogP contribution in [0.3, 0.4) is 0 Å². The smallest absolute Gasteiger partial charge is 0.244 e. The fourth-order valence-electron chi connectivity index (χ4n) is 2.51. The quantitative estimate of drug-likeness (QED) is 0.680. The topological polar surface area (TPSA) is 63.3 Å². The highest BCUT2D eigenvalue weighted by atomic mass is 16.3. The van der Waals surface area contributed by atoms with Gasteiger partial charge in [-0.3, -0.25) is 4.79 Å². The van der Waals surface area contributed by atoms with Gasteiger partial charge in [-0.1, -0.05) is 25.3 Å². The predicted molar refractivity (Wildman–Crippen MR) is 64.8 cm³/mol. The standard InChI is InChI=1S/C13H23NO2/c1-2-3-4-7-11-10(9-15)6-5-8-12(11)13(14)16/h10,15H,2-9H2,1H3,(H2,14,16). The van der Waals surface area contributed by atoms with E-state index in [1.54, 1.807) is 0 Å². The number of amides is 1. The minimum absolute atomic E-state index is 0.151. The molecule has 3 N–H and O–H groups in total. The first kappa shape index (κ1) is 13.2. The molecule has 0 saturated carbocycles. The highest BCUT2D eigenvalue weighted by Crippen LogP contribution is 2.33. The van der Waals surface area contributed by atoms with Crippen LogP contribution in [0.25, 0.3) is 0 Å². The summed E-state index contributed by atoms with van der Waals surface area (Å²) in [4.78, 5) is 11.3. The zero-order valence-corrected chi connectivity index (χ0v) is 10.2. The lowest BCUT2D eigenvalue weighted by atomic mass is 9.80. The Balaban J connectivity index is 2.76. The molecule has 1 aliphatic rings. The van der Waals surface area contributed by atoms with E-state index in [4.69, 9.17) is 5.73 Å². The van der Waals surface area contributed by atoms with E-state index in [1.165, 1.54) is 12.8 Å². The second-order valence-corrected chi connectivity index (χ2v) is 4.60. The van der Waals surface area contributed by atoms with E-state index < -0.39 is 0 Å². The summed E-state index contributed by atoms with van der Waals surface area (Å²) in [5.41, 5.74) is 7.33. The van der Waals surface area contributed by atoms with Gasteiger partial charge in [-0.05, 0) is 32.1 Å². The third-order valence-electron chi connectivity index (χ3n) is 3.43. The summed E-state index contributed by atoms with van der Waals surface area (Å²) < 4.78 is 0. The molecule has 0 radical (unpaired) electrons. The molecule has 1 unspecified atom stereocenters. The molecule has 3 nitrogen and oxygen atoms in total. The number of carbonyl (C=O) groups excluding carboxylic acids is 1. The van der Waals surface area contributed by atoms with Crippen molar-refractivity contribution in [3.8, 4) is 0 Å². The maximum Gasteiger partial charge on any atom is 0.244 e. The maximum atomic E-state index is 11.3. The van der Waals surface area contributed by atoms with E-state index in [0.717, 1.165) is 43.3 Å². The molecule has 1 rings (SSSR count). The van der Waals surface area contributed by atoms with Gasteiger partial charge in [0, 0.05) is 18.1 Å². The Morgan fingerprint density at radius 1 is 1.50 bits per heavy atom. The van der Waals surface area contributed by atoms with Crippen LogP contribution >= 0.6 is 0 Å². The second kappa shape index (κ2) is 6.69. The number of nitrogens with two attached hydrogens (primary N) is 1. The van der Waals surface area contributed by atoms with Crippen LogP contribution < -0.4 is 5.73 Å². The SMILES string of the molecule is CCCCCC1=C(C(N)=O)CCCC1CO. The van der Waals surface area contributed by atoms with Crippen molar-refractivity contribution in [1.29, 1.82) is 0 Å². The van der Waals surface area contributed by atoms with E-state index in [-0.39, 0.29) is 18.4 Å². The van der Waals surface area contributed by atoms with E-state index in [0.29, 0.717) is 0 Å². The van der Waals surface area contributed by atoms with Gasteiger partial charge in [0.1, 0.15) is 0 Å². The van der Waals surface area contributed by atoms with Gasteiger partial charge in [0.15, 0.2) is 0 Å². The number of unbranched alkanes of at least 4 members (excludes halogenated alkanes) is 2. The summed E-state index contributed by atoms with van der Waals surface area (Å²) in [5.74, 6) is -0.113. The fraction of sp³-hybridized carbons (Fsp3) is 0.769. The Kier molecular flexibility index (Phi) is 5.53. The first-order valence-corrected chi connectivity index (χ1v) is 6.33. The van der Waals surface area contributed by atoms with E-state index >= 15 is 0 Å². The Hall–Kier alpha value is -0.830. The molecule has 1 aliphatic carbocycles. The molecule has 1 atom stereocenters. The van der Waals surface area contributed by atoms with Crippen molar-refractivity contribution in [3.63, 3.8) is 0 Å². The summed E-state index contributed by atoms with van der Waals surface area (Å²) in [6, 6.07) is 0. The normalized spacial score (nSPS) is 21.2. The third kappa shape index (κ3) is 3.34. The molecule has 0 bridgehead atoms. The molecule has 0 saturated heterocycles. The lowest BCUT2D eigenvalue weighted by molar-refractivity contribution is -0.114. The molecule has 1 amide bonds. The first-order chi connectivity index (χ1) is 7.70. The lowest BCUT2D eigenvalue weighted by Crippen LogP contribution is -2.24. The molecule has 0 aromatic heterocycles. The molecule has 0 aromatic carbocycles. The summed E-state index contributed by atoms with van der Waals surface area (Å²) in [6.45, 7) is 2.31. The Bertz CT molecular complexity index is 271. The minimum atomic E-state index is -0.287. The Morgan fingerprint density at radius 2 is 2.25 bits per heavy atom. The molecule has 3 heteroatoms. The number of aliphatic hydroxyl groups is 1. The number of aliphatic hydroxyl groups excluding tert-OH is 1. The van der Waals surface area contributed by atoms with Crippen molar-refractivity contribution in [2.75, 3.05) is 6.61 Å². The monoisotopic (exact) mass is 225 g/mol. The van der Waals surface area contributed by atoms with E-state index in [9.17, 15) is 9.90 Å². The highest BCUT2D eigenvalue weighted by molar-refractivity contribution is 5.93. The van der Waals surface area contributed by atoms with Crippen LogP contribution in [-0.2, 0) is 4.79 Å². The van der Waals surface area contributed by atoms with Crippen LogP contribution in [0.4, 0.5) is 0 Å². The van der Waals surface area contributed by atoms with Gasteiger partial charge in [-0.15, -0.1) is 0 Å². The third-order valence-corrected chi connectivity index (χ3v) is 3.43. The average Bonchev–Trinajstić information content (AvgIpc) is 2.29. The van der Waals surface area contributed by atoms with Crippen molar-refractivity contribution in [2.24, 2.45) is 11.7 Å². The molecule has 0 heterocycles. The zero-order chi connectivity index (χ0) is 12.0. The van der Waals surface area contributed by atoms with Crippen LogP contribution in [0.2, 0.25) is 0 Å². The first-order valence-electron chi connectivity index (χ1n) is 6.33. The van der Waals surface area contributed by atoms with Crippen molar-refractivity contribution in [1.82, 2.24) is 0 Å². The number of hydrogen-bond donors (Lipinski definition) is 2. The van der Waals surface area contributed by atoms with Crippen molar-refractivity contribution in [2.45, 2.75) is 51.9 Å². The van der Waals surface area contributed by atoms with Crippen LogP contribution in [0, 0.1) is 5.92 Å². The fourth-order valence-corrected chi connectivity index (χ4v) is 2.51. The number of hydrogen-bond acceptors (Lipinski definition) is 2. The largest absolute Gasteiger partial charge is 0.396 e. The molecule has 0 fully saturated rings. The molecule has 0 spiro atoms. The summed E-state index contributed by atoms with van der Waals surface area (Å²) in [5, 5.41) is 9.33. The van der Waals surface area contributed by atoms with Crippen LogP contribution in [0.15, 0.2) is 11.1 Å². The number of rotatable bonds is 6. The second-order valence-electron chi connectivity index (χ2n) is 4.60. The van der Waals surface area contributed by atoms with Gasteiger partial charge in [0.25, 0.3) is 0 Å². The Morgan fingerprint density at radius 3 is 2.81 bits per heavy atom. The van der Waals surface area contributed by atoms with Gasteiger partial charge >= 0.3 is 0 Å².